The average Bonchev–Trinajstić information content (AvgIpc) is 2.70. The van der Waals surface area contributed by atoms with Crippen molar-refractivity contribution in [3.05, 3.63) is 64.2 Å². The Kier molecular flexibility index (Phi) is 8.33. The molecule has 0 aliphatic carbocycles. The van der Waals surface area contributed by atoms with E-state index in [9.17, 15) is 18.5 Å². The Hall–Kier alpha value is -2.49. The lowest BCUT2D eigenvalue weighted by molar-refractivity contribution is -0.384. The lowest BCUT2D eigenvalue weighted by Gasteiger charge is -2.30. The summed E-state index contributed by atoms with van der Waals surface area (Å²) < 4.78 is 27.2. The van der Waals surface area contributed by atoms with Crippen molar-refractivity contribution < 1.29 is 13.3 Å². The van der Waals surface area contributed by atoms with Crippen molar-refractivity contribution in [2.24, 2.45) is 0 Å². The predicted molar refractivity (Wildman–Crippen MR) is 119 cm³/mol. The molecule has 2 rings (SSSR count). The minimum Gasteiger partial charge on any atom is -0.378 e. The zero-order valence-corrected chi connectivity index (χ0v) is 18.6. The fourth-order valence-corrected chi connectivity index (χ4v) is 4.63. The molecule has 30 heavy (non-hydrogen) atoms. The summed E-state index contributed by atoms with van der Waals surface area (Å²) in [5, 5.41) is 14.8. The monoisotopic (exact) mass is 434 g/mol. The van der Waals surface area contributed by atoms with Gasteiger partial charge >= 0.3 is 0 Å². The summed E-state index contributed by atoms with van der Waals surface area (Å²) in [4.78, 5) is 13.2. The second-order valence-corrected chi connectivity index (χ2v) is 8.95. The maximum absolute atomic E-state index is 12.4. The quantitative estimate of drug-likeness (QED) is 0.412. The van der Waals surface area contributed by atoms with E-state index in [2.05, 4.69) is 28.8 Å². The van der Waals surface area contributed by atoms with Gasteiger partial charge in [-0.2, -0.15) is 0 Å². The number of sulfonamides is 1. The van der Waals surface area contributed by atoms with Crippen LogP contribution in [0.1, 0.15) is 39.3 Å². The number of hydrogen-bond donors (Lipinski definition) is 2. The standard InChI is InChI=1S/C21H30N4O4S/c1-5-24(6-2)21(17-10-8-7-9-11-17)15-22-19-13-12-18(14-20(19)25(26)27)30(28,29)23-16(3)4/h7-14,16,21-23H,5-6,15H2,1-4H3/t21-/m1/s1. The molecule has 0 amide bonds. The molecule has 8 nitrogen and oxygen atoms in total. The summed E-state index contributed by atoms with van der Waals surface area (Å²) in [5.74, 6) is 0. The maximum atomic E-state index is 12.4. The zero-order chi connectivity index (χ0) is 22.3. The van der Waals surface area contributed by atoms with Crippen LogP contribution >= 0.6 is 0 Å². The lowest BCUT2D eigenvalue weighted by Crippen LogP contribution is -2.33. The van der Waals surface area contributed by atoms with Crippen LogP contribution in [0.25, 0.3) is 0 Å². The third-order valence-electron chi connectivity index (χ3n) is 4.79. The molecule has 2 N–H and O–H groups in total. The second-order valence-electron chi connectivity index (χ2n) is 7.24. The number of rotatable bonds is 11. The Morgan fingerprint density at radius 3 is 2.23 bits per heavy atom. The number of nitro groups is 1. The van der Waals surface area contributed by atoms with E-state index >= 15 is 0 Å². The minimum absolute atomic E-state index is 0.0202. The van der Waals surface area contributed by atoms with Crippen molar-refractivity contribution in [3.63, 3.8) is 0 Å². The number of nitro benzene ring substituents is 1. The normalized spacial score (nSPS) is 12.9. The van der Waals surface area contributed by atoms with Crippen LogP contribution in [0, 0.1) is 10.1 Å². The van der Waals surface area contributed by atoms with Crippen molar-refractivity contribution in [1.82, 2.24) is 9.62 Å². The first kappa shape index (κ1) is 23.8. The summed E-state index contributed by atoms with van der Waals surface area (Å²) in [6, 6.07) is 13.6. The molecule has 0 radical (unpaired) electrons. The van der Waals surface area contributed by atoms with Crippen LogP contribution in [0.5, 0.6) is 0 Å². The van der Waals surface area contributed by atoms with E-state index in [4.69, 9.17) is 0 Å². The van der Waals surface area contributed by atoms with E-state index < -0.39 is 14.9 Å². The highest BCUT2D eigenvalue weighted by Gasteiger charge is 2.24. The van der Waals surface area contributed by atoms with Gasteiger partial charge in [-0.1, -0.05) is 44.2 Å². The number of hydrogen-bond acceptors (Lipinski definition) is 6. The van der Waals surface area contributed by atoms with Crippen LogP contribution in [-0.4, -0.2) is 43.9 Å². The molecule has 1 atom stereocenters. The molecule has 2 aromatic rings. The second kappa shape index (κ2) is 10.5. The minimum atomic E-state index is -3.82. The SMILES string of the molecule is CCN(CC)[C@H](CNc1ccc(S(=O)(=O)NC(C)C)cc1[N+](=O)[O-])c1ccccc1. The predicted octanol–water partition coefficient (Wildman–Crippen LogP) is 3.78. The fraction of sp³-hybridized carbons (Fsp3) is 0.429. The van der Waals surface area contributed by atoms with Crippen molar-refractivity contribution >= 4 is 21.4 Å². The van der Waals surface area contributed by atoms with Crippen LogP contribution in [0.2, 0.25) is 0 Å². The number of benzene rings is 2. The summed E-state index contributed by atoms with van der Waals surface area (Å²) in [6.07, 6.45) is 0. The molecule has 0 heterocycles. The molecule has 0 spiro atoms. The van der Waals surface area contributed by atoms with Crippen molar-refractivity contribution in [2.45, 2.75) is 44.7 Å². The summed E-state index contributed by atoms with van der Waals surface area (Å²) in [7, 11) is -3.82. The van der Waals surface area contributed by atoms with Gasteiger partial charge in [-0.3, -0.25) is 15.0 Å². The van der Waals surface area contributed by atoms with Gasteiger partial charge in [-0.15, -0.1) is 0 Å². The fourth-order valence-electron chi connectivity index (χ4n) is 3.36. The van der Waals surface area contributed by atoms with Gasteiger partial charge in [0.05, 0.1) is 15.9 Å². The Bertz CT molecular complexity index is 945. The smallest absolute Gasteiger partial charge is 0.293 e. The highest BCUT2D eigenvalue weighted by atomic mass is 32.2. The number of likely N-dealkylation sites (N-methyl/N-ethyl adjacent to an activating group) is 1. The van der Waals surface area contributed by atoms with Gasteiger partial charge in [0.15, 0.2) is 0 Å². The number of nitrogens with zero attached hydrogens (tertiary/aromatic N) is 2. The molecule has 0 aliphatic heterocycles. The number of nitrogens with one attached hydrogen (secondary N) is 2. The Morgan fingerprint density at radius 1 is 1.07 bits per heavy atom. The molecule has 0 saturated heterocycles. The van der Waals surface area contributed by atoms with Gasteiger partial charge in [0.2, 0.25) is 10.0 Å². The Labute approximate surface area is 178 Å². The van der Waals surface area contributed by atoms with Crippen molar-refractivity contribution in [2.75, 3.05) is 25.0 Å². The van der Waals surface area contributed by atoms with Crippen molar-refractivity contribution in [3.8, 4) is 0 Å². The lowest BCUT2D eigenvalue weighted by atomic mass is 10.0. The topological polar surface area (TPSA) is 105 Å². The first-order chi connectivity index (χ1) is 14.2. The Balaban J connectivity index is 2.33. The summed E-state index contributed by atoms with van der Waals surface area (Å²) in [6.45, 7) is 9.64. The molecule has 0 aromatic heterocycles. The van der Waals surface area contributed by atoms with Crippen LogP contribution in [-0.2, 0) is 10.0 Å². The highest BCUT2D eigenvalue weighted by molar-refractivity contribution is 7.89. The van der Waals surface area contributed by atoms with Crippen molar-refractivity contribution in [1.29, 1.82) is 0 Å². The molecule has 0 bridgehead atoms. The van der Waals surface area contributed by atoms with E-state index in [1.807, 2.05) is 30.3 Å². The molecule has 0 aliphatic rings. The molecule has 0 fully saturated rings. The van der Waals surface area contributed by atoms with Crippen LogP contribution in [0.15, 0.2) is 53.4 Å². The van der Waals surface area contributed by atoms with E-state index in [1.165, 1.54) is 12.1 Å². The van der Waals surface area contributed by atoms with Crippen LogP contribution in [0.3, 0.4) is 0 Å². The molecule has 0 saturated carbocycles. The molecule has 0 unspecified atom stereocenters. The van der Waals surface area contributed by atoms with E-state index in [0.29, 0.717) is 6.54 Å². The van der Waals surface area contributed by atoms with E-state index in [0.717, 1.165) is 24.7 Å². The van der Waals surface area contributed by atoms with E-state index in [1.54, 1.807) is 13.8 Å². The largest absolute Gasteiger partial charge is 0.378 e. The van der Waals surface area contributed by atoms with Gasteiger partial charge in [-0.25, -0.2) is 13.1 Å². The van der Waals surface area contributed by atoms with Gasteiger partial charge in [0.1, 0.15) is 5.69 Å². The first-order valence-corrected chi connectivity index (χ1v) is 11.5. The zero-order valence-electron chi connectivity index (χ0n) is 17.8. The third-order valence-corrected chi connectivity index (χ3v) is 6.45. The molecule has 164 valence electrons. The first-order valence-electron chi connectivity index (χ1n) is 10.0. The van der Waals surface area contributed by atoms with Crippen LogP contribution < -0.4 is 10.0 Å². The third kappa shape index (κ3) is 6.01. The molecule has 9 heteroatoms. The van der Waals surface area contributed by atoms with E-state index in [-0.39, 0.29) is 28.4 Å². The highest BCUT2D eigenvalue weighted by Crippen LogP contribution is 2.29. The van der Waals surface area contributed by atoms with Gasteiger partial charge < -0.3 is 5.32 Å². The van der Waals surface area contributed by atoms with Gasteiger partial charge in [0, 0.05) is 18.7 Å². The summed E-state index contributed by atoms with van der Waals surface area (Å²) >= 11 is 0. The summed E-state index contributed by atoms with van der Waals surface area (Å²) in [5.41, 5.74) is 1.13. The maximum Gasteiger partial charge on any atom is 0.293 e. The Morgan fingerprint density at radius 2 is 1.70 bits per heavy atom. The van der Waals surface area contributed by atoms with Gasteiger partial charge in [0.25, 0.3) is 5.69 Å². The number of anilines is 1. The molecular formula is C21H30N4O4S. The average molecular weight is 435 g/mol. The molecule has 2 aromatic carbocycles. The van der Waals surface area contributed by atoms with Crippen LogP contribution in [0.4, 0.5) is 11.4 Å². The molecular weight excluding hydrogens is 404 g/mol. The van der Waals surface area contributed by atoms with Gasteiger partial charge in [-0.05, 0) is 44.6 Å².